The van der Waals surface area contributed by atoms with Crippen molar-refractivity contribution in [2.24, 2.45) is 0 Å². The fraction of sp³-hybridized carbons (Fsp3) is 0. The van der Waals surface area contributed by atoms with Gasteiger partial charge in [-0.15, -0.1) is 0 Å². The van der Waals surface area contributed by atoms with Gasteiger partial charge in [-0.2, -0.15) is 0 Å². The summed E-state index contributed by atoms with van der Waals surface area (Å²) in [5.74, 6) is 0. The molecule has 0 amide bonds. The summed E-state index contributed by atoms with van der Waals surface area (Å²) in [7, 11) is 0. The van der Waals surface area contributed by atoms with Crippen LogP contribution in [0.1, 0.15) is 0 Å². The fourth-order valence-corrected chi connectivity index (χ4v) is 10.1. The highest BCUT2D eigenvalue weighted by atomic mass is 16.3. The molecule has 0 fully saturated rings. The Labute approximate surface area is 388 Å². The van der Waals surface area contributed by atoms with Crippen molar-refractivity contribution < 1.29 is 8.83 Å². The summed E-state index contributed by atoms with van der Waals surface area (Å²) in [4.78, 5) is 2.37. The third-order valence-electron chi connectivity index (χ3n) is 13.3. The van der Waals surface area contributed by atoms with E-state index in [1.807, 2.05) is 12.1 Å². The third-order valence-corrected chi connectivity index (χ3v) is 13.3. The van der Waals surface area contributed by atoms with Crippen molar-refractivity contribution in [1.82, 2.24) is 0 Å². The summed E-state index contributed by atoms with van der Waals surface area (Å²) < 4.78 is 13.4. The summed E-state index contributed by atoms with van der Waals surface area (Å²) in [6.07, 6.45) is 0. The molecule has 0 aliphatic heterocycles. The molecule has 13 aromatic rings. The number of hydrogen-bond donors (Lipinski definition) is 0. The zero-order valence-corrected chi connectivity index (χ0v) is 36.4. The zero-order chi connectivity index (χ0) is 44.3. The average molecular weight is 856 g/mol. The summed E-state index contributed by atoms with van der Waals surface area (Å²) >= 11 is 0. The summed E-state index contributed by atoms with van der Waals surface area (Å²) in [5, 5.41) is 6.73. The van der Waals surface area contributed by atoms with Crippen LogP contribution < -0.4 is 4.90 Å². The Morgan fingerprint density at radius 3 is 1.54 bits per heavy atom. The Kier molecular flexibility index (Phi) is 9.17. The molecule has 314 valence electrons. The molecule has 0 saturated heterocycles. The lowest BCUT2D eigenvalue weighted by atomic mass is 9.91. The molecule has 3 heteroatoms. The molecule has 13 rings (SSSR count). The maximum absolute atomic E-state index is 6.93. The number of fused-ring (bicyclic) bond motifs is 8. The first-order chi connectivity index (χ1) is 33.2. The number of nitrogens with zero attached hydrogens (tertiary/aromatic N) is 1. The normalized spacial score (nSPS) is 11.6. The lowest BCUT2D eigenvalue weighted by Gasteiger charge is -2.28. The molecular formula is C64H41NO2. The van der Waals surface area contributed by atoms with Crippen molar-refractivity contribution in [1.29, 1.82) is 0 Å². The second-order valence-corrected chi connectivity index (χ2v) is 17.2. The van der Waals surface area contributed by atoms with Crippen LogP contribution in [0, 0.1) is 0 Å². The molecule has 0 saturated carbocycles. The molecule has 67 heavy (non-hydrogen) atoms. The van der Waals surface area contributed by atoms with E-state index in [-0.39, 0.29) is 0 Å². The van der Waals surface area contributed by atoms with Gasteiger partial charge in [-0.1, -0.05) is 200 Å². The minimum atomic E-state index is 0.874. The van der Waals surface area contributed by atoms with Crippen molar-refractivity contribution in [3.63, 3.8) is 0 Å². The highest BCUT2D eigenvalue weighted by Gasteiger charge is 2.22. The Bertz CT molecular complexity index is 3960. The predicted molar refractivity (Wildman–Crippen MR) is 280 cm³/mol. The zero-order valence-electron chi connectivity index (χ0n) is 36.4. The van der Waals surface area contributed by atoms with Gasteiger partial charge in [0.25, 0.3) is 0 Å². The third kappa shape index (κ3) is 6.59. The van der Waals surface area contributed by atoms with Crippen molar-refractivity contribution in [3.8, 4) is 55.6 Å². The van der Waals surface area contributed by atoms with Crippen LogP contribution in [0.3, 0.4) is 0 Å². The van der Waals surface area contributed by atoms with Crippen LogP contribution in [0.15, 0.2) is 258 Å². The van der Waals surface area contributed by atoms with Crippen LogP contribution in [0.2, 0.25) is 0 Å². The van der Waals surface area contributed by atoms with E-state index >= 15 is 0 Å². The van der Waals surface area contributed by atoms with Crippen molar-refractivity contribution in [3.05, 3.63) is 249 Å². The van der Waals surface area contributed by atoms with Crippen LogP contribution >= 0.6 is 0 Å². The van der Waals surface area contributed by atoms with Gasteiger partial charge in [0.1, 0.15) is 22.3 Å². The summed E-state index contributed by atoms with van der Waals surface area (Å²) in [6.45, 7) is 0. The fourth-order valence-electron chi connectivity index (χ4n) is 10.1. The molecule has 0 aliphatic rings. The Balaban J connectivity index is 0.958. The van der Waals surface area contributed by atoms with Crippen LogP contribution in [0.5, 0.6) is 0 Å². The Morgan fingerprint density at radius 2 is 0.776 bits per heavy atom. The summed E-state index contributed by atoms with van der Waals surface area (Å²) in [5.41, 5.74) is 18.0. The number of para-hydroxylation sites is 4. The molecule has 11 aromatic carbocycles. The van der Waals surface area contributed by atoms with E-state index in [2.05, 4.69) is 241 Å². The summed E-state index contributed by atoms with van der Waals surface area (Å²) in [6, 6.07) is 88.8. The van der Waals surface area contributed by atoms with E-state index in [9.17, 15) is 0 Å². The maximum atomic E-state index is 6.93. The highest BCUT2D eigenvalue weighted by Crippen LogP contribution is 2.46. The van der Waals surface area contributed by atoms with Crippen LogP contribution in [-0.4, -0.2) is 0 Å². The lowest BCUT2D eigenvalue weighted by molar-refractivity contribution is 0.670. The van der Waals surface area contributed by atoms with Crippen molar-refractivity contribution >= 4 is 71.7 Å². The second-order valence-electron chi connectivity index (χ2n) is 17.2. The van der Waals surface area contributed by atoms with Gasteiger partial charge < -0.3 is 13.7 Å². The number of rotatable bonds is 8. The first-order valence-corrected chi connectivity index (χ1v) is 22.8. The quantitative estimate of drug-likeness (QED) is 0.152. The van der Waals surface area contributed by atoms with Gasteiger partial charge in [-0.05, 0) is 92.9 Å². The number of anilines is 3. The van der Waals surface area contributed by atoms with E-state index in [0.29, 0.717) is 0 Å². The molecule has 3 nitrogen and oxygen atoms in total. The van der Waals surface area contributed by atoms with Crippen LogP contribution in [-0.2, 0) is 0 Å². The van der Waals surface area contributed by atoms with E-state index in [1.165, 1.54) is 22.3 Å². The molecule has 0 aliphatic carbocycles. The van der Waals surface area contributed by atoms with Gasteiger partial charge in [0, 0.05) is 55.0 Å². The van der Waals surface area contributed by atoms with Gasteiger partial charge >= 0.3 is 0 Å². The standard InChI is InChI=1S/C64H41NO2/c1-3-15-43(16-4-1)50-39-34-47(41-59(50)44-17-5-2-6-18-44)42-29-35-48(36-30-42)65(49-37-31-46(32-38-49)52-23-13-25-56-54-22-10-12-28-61(54)66-62(52)56)60-27-11-9-21-53(60)55-24-14-26-57-58-40-33-45-19-7-8-20-51(45)63(58)67-64(55)57/h1-41H. The number of benzene rings is 11. The van der Waals surface area contributed by atoms with E-state index in [4.69, 9.17) is 8.83 Å². The van der Waals surface area contributed by atoms with Crippen molar-refractivity contribution in [2.75, 3.05) is 4.90 Å². The topological polar surface area (TPSA) is 29.5 Å². The van der Waals surface area contributed by atoms with Gasteiger partial charge in [0.15, 0.2) is 0 Å². The van der Waals surface area contributed by atoms with Crippen LogP contribution in [0.25, 0.3) is 110 Å². The molecule has 0 N–H and O–H groups in total. The van der Waals surface area contributed by atoms with E-state index in [1.54, 1.807) is 0 Å². The highest BCUT2D eigenvalue weighted by molar-refractivity contribution is 6.18. The molecule has 0 atom stereocenters. The van der Waals surface area contributed by atoms with Gasteiger partial charge in [-0.3, -0.25) is 0 Å². The predicted octanol–water partition coefficient (Wildman–Crippen LogP) is 18.4. The minimum Gasteiger partial charge on any atom is -0.455 e. The van der Waals surface area contributed by atoms with Gasteiger partial charge in [-0.25, -0.2) is 0 Å². The second kappa shape index (κ2) is 16.0. The first kappa shape index (κ1) is 38.5. The van der Waals surface area contributed by atoms with Crippen molar-refractivity contribution in [2.45, 2.75) is 0 Å². The smallest absolute Gasteiger partial charge is 0.143 e. The molecule has 2 heterocycles. The molecule has 2 aromatic heterocycles. The minimum absolute atomic E-state index is 0.874. The molecule has 0 spiro atoms. The SMILES string of the molecule is c1ccc(-c2ccc(-c3ccc(N(c4ccc(-c5cccc6c5oc5ccccc56)cc4)c4ccccc4-c4cccc5c4oc4c6ccccc6ccc54)cc3)cc2-c2ccccc2)cc1. The van der Waals surface area contributed by atoms with E-state index < -0.39 is 0 Å². The molecule has 0 unspecified atom stereocenters. The molecular weight excluding hydrogens is 815 g/mol. The largest absolute Gasteiger partial charge is 0.455 e. The lowest BCUT2D eigenvalue weighted by Crippen LogP contribution is -2.11. The van der Waals surface area contributed by atoms with Crippen LogP contribution in [0.4, 0.5) is 17.1 Å². The Morgan fingerprint density at radius 1 is 0.254 bits per heavy atom. The average Bonchev–Trinajstić information content (AvgIpc) is 3.99. The van der Waals surface area contributed by atoms with E-state index in [0.717, 1.165) is 105 Å². The number of hydrogen-bond acceptors (Lipinski definition) is 3. The molecule has 0 radical (unpaired) electrons. The number of furan rings is 2. The van der Waals surface area contributed by atoms with Gasteiger partial charge in [0.2, 0.25) is 0 Å². The van der Waals surface area contributed by atoms with Gasteiger partial charge in [0.05, 0.1) is 5.69 Å². The monoisotopic (exact) mass is 855 g/mol. The Hall–Kier alpha value is -8.92. The molecule has 0 bridgehead atoms. The first-order valence-electron chi connectivity index (χ1n) is 22.8. The maximum Gasteiger partial charge on any atom is 0.143 e.